The molecule has 0 fully saturated rings. The molecule has 0 aliphatic carbocycles. The van der Waals surface area contributed by atoms with Crippen LogP contribution in [-0.2, 0) is 6.42 Å². The van der Waals surface area contributed by atoms with E-state index in [1.807, 2.05) is 0 Å². The Kier molecular flexibility index (Phi) is 6.00. The molecule has 0 spiro atoms. The van der Waals surface area contributed by atoms with Crippen LogP contribution in [0.1, 0.15) is 43.7 Å². The molecule has 0 atom stereocenters. The van der Waals surface area contributed by atoms with Gasteiger partial charge < -0.3 is 10.5 Å². The third-order valence-electron chi connectivity index (χ3n) is 2.91. The lowest BCUT2D eigenvalue weighted by Gasteiger charge is -2.15. The zero-order valence-electron chi connectivity index (χ0n) is 10.9. The molecular formula is C14H22BrNO. The van der Waals surface area contributed by atoms with Gasteiger partial charge in [0, 0.05) is 0 Å². The summed E-state index contributed by atoms with van der Waals surface area (Å²) >= 11 is 3.59. The first kappa shape index (κ1) is 14.5. The minimum atomic E-state index is 0.533. The fraction of sp³-hybridized carbons (Fsp3) is 0.571. The molecule has 1 aromatic rings. The lowest BCUT2D eigenvalue weighted by Crippen LogP contribution is -2.01. The van der Waals surface area contributed by atoms with Gasteiger partial charge in [-0.1, -0.05) is 19.9 Å². The average molecular weight is 300 g/mol. The highest BCUT2D eigenvalue weighted by Gasteiger charge is 2.11. The van der Waals surface area contributed by atoms with E-state index in [0.29, 0.717) is 5.92 Å². The number of rotatable bonds is 6. The van der Waals surface area contributed by atoms with E-state index >= 15 is 0 Å². The van der Waals surface area contributed by atoms with E-state index in [1.165, 1.54) is 11.1 Å². The van der Waals surface area contributed by atoms with Crippen LogP contribution in [0.25, 0.3) is 0 Å². The van der Waals surface area contributed by atoms with E-state index in [0.717, 1.165) is 36.0 Å². The number of hydrogen-bond donors (Lipinski definition) is 1. The summed E-state index contributed by atoms with van der Waals surface area (Å²) < 4.78 is 6.51. The molecule has 3 heteroatoms. The van der Waals surface area contributed by atoms with E-state index in [1.54, 1.807) is 7.11 Å². The normalized spacial score (nSPS) is 10.9. The van der Waals surface area contributed by atoms with Crippen LogP contribution < -0.4 is 10.5 Å². The third kappa shape index (κ3) is 4.00. The molecule has 0 radical (unpaired) electrons. The summed E-state index contributed by atoms with van der Waals surface area (Å²) in [7, 11) is 1.72. The van der Waals surface area contributed by atoms with Gasteiger partial charge in [-0.3, -0.25) is 0 Å². The molecule has 0 bridgehead atoms. The van der Waals surface area contributed by atoms with Gasteiger partial charge in [0.2, 0.25) is 0 Å². The predicted molar refractivity (Wildman–Crippen MR) is 76.8 cm³/mol. The highest BCUT2D eigenvalue weighted by Crippen LogP contribution is 2.33. The quantitative estimate of drug-likeness (QED) is 0.810. The van der Waals surface area contributed by atoms with Gasteiger partial charge in [0.1, 0.15) is 5.75 Å². The van der Waals surface area contributed by atoms with Crippen LogP contribution in [0.3, 0.4) is 0 Å². The maximum absolute atomic E-state index is 5.53. The second-order valence-electron chi connectivity index (χ2n) is 4.60. The number of aryl methyl sites for hydroxylation is 1. The highest BCUT2D eigenvalue weighted by molar-refractivity contribution is 9.10. The fourth-order valence-electron chi connectivity index (χ4n) is 1.88. The van der Waals surface area contributed by atoms with Crippen LogP contribution in [0.15, 0.2) is 16.6 Å². The van der Waals surface area contributed by atoms with Crippen molar-refractivity contribution >= 4 is 15.9 Å². The first-order valence-corrected chi connectivity index (χ1v) is 6.95. The van der Waals surface area contributed by atoms with Gasteiger partial charge in [-0.05, 0) is 64.8 Å². The topological polar surface area (TPSA) is 35.2 Å². The number of methoxy groups -OCH3 is 1. The number of hydrogen-bond acceptors (Lipinski definition) is 2. The summed E-state index contributed by atoms with van der Waals surface area (Å²) in [6.07, 6.45) is 3.20. The van der Waals surface area contributed by atoms with Crippen LogP contribution in [0.4, 0.5) is 0 Å². The molecule has 1 aromatic carbocycles. The summed E-state index contributed by atoms with van der Waals surface area (Å²) in [4.78, 5) is 0. The molecule has 0 aliphatic heterocycles. The Labute approximate surface area is 113 Å². The van der Waals surface area contributed by atoms with Crippen LogP contribution in [0.2, 0.25) is 0 Å². The number of halogens is 1. The lowest BCUT2D eigenvalue weighted by atomic mass is 9.98. The first-order chi connectivity index (χ1) is 8.10. The Bertz CT molecular complexity index is 363. The molecule has 2 N–H and O–H groups in total. The van der Waals surface area contributed by atoms with Crippen molar-refractivity contribution in [2.24, 2.45) is 5.73 Å². The molecule has 96 valence electrons. The molecule has 0 aromatic heterocycles. The van der Waals surface area contributed by atoms with E-state index in [2.05, 4.69) is 41.9 Å². The maximum Gasteiger partial charge on any atom is 0.136 e. The maximum atomic E-state index is 5.53. The Balaban J connectivity index is 2.97. The van der Waals surface area contributed by atoms with Gasteiger partial charge in [0.25, 0.3) is 0 Å². The zero-order chi connectivity index (χ0) is 12.8. The Morgan fingerprint density at radius 2 is 2.00 bits per heavy atom. The second-order valence-corrected chi connectivity index (χ2v) is 5.45. The largest absolute Gasteiger partial charge is 0.495 e. The first-order valence-electron chi connectivity index (χ1n) is 6.16. The molecule has 0 heterocycles. The van der Waals surface area contributed by atoms with Gasteiger partial charge in [0.15, 0.2) is 0 Å². The molecule has 0 amide bonds. The summed E-state index contributed by atoms with van der Waals surface area (Å²) in [5, 5.41) is 0. The number of ether oxygens (including phenoxy) is 1. The minimum absolute atomic E-state index is 0.533. The monoisotopic (exact) mass is 299 g/mol. The molecule has 0 unspecified atom stereocenters. The molecular weight excluding hydrogens is 278 g/mol. The smallest absolute Gasteiger partial charge is 0.136 e. The van der Waals surface area contributed by atoms with Gasteiger partial charge >= 0.3 is 0 Å². The molecule has 17 heavy (non-hydrogen) atoms. The third-order valence-corrected chi connectivity index (χ3v) is 3.50. The zero-order valence-corrected chi connectivity index (χ0v) is 12.5. The average Bonchev–Trinajstić information content (AvgIpc) is 2.28. The van der Waals surface area contributed by atoms with Crippen LogP contribution in [0.5, 0.6) is 5.75 Å². The summed E-state index contributed by atoms with van der Waals surface area (Å²) in [6, 6.07) is 4.40. The SMILES string of the molecule is COc1c(Br)cc(C(C)C)cc1CCCCN. The Hall–Kier alpha value is -0.540. The molecule has 1 rings (SSSR count). The van der Waals surface area contributed by atoms with Crippen molar-refractivity contribution in [3.63, 3.8) is 0 Å². The number of unbranched alkanes of at least 4 members (excludes halogenated alkanes) is 1. The van der Waals surface area contributed by atoms with E-state index in [9.17, 15) is 0 Å². The number of benzene rings is 1. The molecule has 0 saturated heterocycles. The predicted octanol–water partition coefficient (Wildman–Crippen LogP) is 3.86. The molecule has 2 nitrogen and oxygen atoms in total. The molecule has 0 aliphatic rings. The number of nitrogens with two attached hydrogens (primary N) is 1. The van der Waals surface area contributed by atoms with Crippen molar-refractivity contribution in [1.82, 2.24) is 0 Å². The Morgan fingerprint density at radius 1 is 1.29 bits per heavy atom. The van der Waals surface area contributed by atoms with Gasteiger partial charge in [0.05, 0.1) is 11.6 Å². The van der Waals surface area contributed by atoms with Crippen LogP contribution >= 0.6 is 15.9 Å². The van der Waals surface area contributed by atoms with Crippen molar-refractivity contribution in [1.29, 1.82) is 0 Å². The lowest BCUT2D eigenvalue weighted by molar-refractivity contribution is 0.406. The van der Waals surface area contributed by atoms with Crippen molar-refractivity contribution in [3.8, 4) is 5.75 Å². The van der Waals surface area contributed by atoms with E-state index < -0.39 is 0 Å². The summed E-state index contributed by atoms with van der Waals surface area (Å²) in [6.45, 7) is 5.17. The minimum Gasteiger partial charge on any atom is -0.495 e. The Morgan fingerprint density at radius 3 is 2.53 bits per heavy atom. The van der Waals surface area contributed by atoms with Crippen LogP contribution in [-0.4, -0.2) is 13.7 Å². The van der Waals surface area contributed by atoms with Crippen molar-refractivity contribution < 1.29 is 4.74 Å². The van der Waals surface area contributed by atoms with Crippen LogP contribution in [0, 0.1) is 0 Å². The van der Waals surface area contributed by atoms with E-state index in [-0.39, 0.29) is 0 Å². The fourth-order valence-corrected chi connectivity index (χ4v) is 2.56. The van der Waals surface area contributed by atoms with Gasteiger partial charge in [-0.15, -0.1) is 0 Å². The summed E-state index contributed by atoms with van der Waals surface area (Å²) in [5.41, 5.74) is 8.16. The second kappa shape index (κ2) is 7.02. The highest BCUT2D eigenvalue weighted by atomic mass is 79.9. The van der Waals surface area contributed by atoms with Crippen molar-refractivity contribution in [3.05, 3.63) is 27.7 Å². The van der Waals surface area contributed by atoms with Crippen molar-refractivity contribution in [2.45, 2.75) is 39.0 Å². The van der Waals surface area contributed by atoms with Gasteiger partial charge in [-0.25, -0.2) is 0 Å². The summed E-state index contributed by atoms with van der Waals surface area (Å²) in [5.74, 6) is 1.50. The molecule has 0 saturated carbocycles. The van der Waals surface area contributed by atoms with Gasteiger partial charge in [-0.2, -0.15) is 0 Å². The van der Waals surface area contributed by atoms with E-state index in [4.69, 9.17) is 10.5 Å². The standard InChI is InChI=1S/C14H22BrNO/c1-10(2)12-8-11(6-4-5-7-16)14(17-3)13(15)9-12/h8-10H,4-7,16H2,1-3H3. The van der Waals surface area contributed by atoms with Crippen molar-refractivity contribution in [2.75, 3.05) is 13.7 Å².